The topological polar surface area (TPSA) is 94.9 Å². The molecule has 200 valence electrons. The standard InChI is InChI=1S/C28H53NO5/c1-3-5-7-8-9-10-11-12-13-14-15-16-17-18-19-21-26(30)29(24-20-6-4-2)25(28(33)34)22-23-27(31)32/h25H,3-24H2,1-2H3,(H,31,32)(H,33,34)/t25-/m0/s1. The minimum absolute atomic E-state index is 0.0403. The molecule has 0 aliphatic heterocycles. The minimum Gasteiger partial charge on any atom is -0.481 e. The smallest absolute Gasteiger partial charge is 0.326 e. The lowest BCUT2D eigenvalue weighted by Crippen LogP contribution is -2.45. The van der Waals surface area contributed by atoms with Gasteiger partial charge in [-0.2, -0.15) is 0 Å². The zero-order valence-corrected chi connectivity index (χ0v) is 22.2. The van der Waals surface area contributed by atoms with Gasteiger partial charge in [0.2, 0.25) is 5.91 Å². The Kier molecular flexibility index (Phi) is 22.1. The largest absolute Gasteiger partial charge is 0.481 e. The van der Waals surface area contributed by atoms with E-state index in [-0.39, 0.29) is 18.7 Å². The van der Waals surface area contributed by atoms with Crippen molar-refractivity contribution in [2.24, 2.45) is 0 Å². The van der Waals surface area contributed by atoms with Crippen molar-refractivity contribution in [1.29, 1.82) is 0 Å². The molecule has 0 rings (SSSR count). The maximum absolute atomic E-state index is 12.8. The van der Waals surface area contributed by atoms with Gasteiger partial charge in [-0.3, -0.25) is 9.59 Å². The average molecular weight is 484 g/mol. The molecule has 0 fully saturated rings. The van der Waals surface area contributed by atoms with Gasteiger partial charge in [0, 0.05) is 19.4 Å². The van der Waals surface area contributed by atoms with E-state index in [0.717, 1.165) is 38.5 Å². The molecular formula is C28H53NO5. The first kappa shape index (κ1) is 32.4. The number of hydrogen-bond donors (Lipinski definition) is 2. The van der Waals surface area contributed by atoms with Gasteiger partial charge in [0.25, 0.3) is 0 Å². The molecule has 1 amide bonds. The van der Waals surface area contributed by atoms with Crippen molar-refractivity contribution in [3.05, 3.63) is 0 Å². The summed E-state index contributed by atoms with van der Waals surface area (Å²) in [6, 6.07) is -1.04. The maximum Gasteiger partial charge on any atom is 0.326 e. The third-order valence-corrected chi connectivity index (χ3v) is 6.61. The molecule has 0 aliphatic carbocycles. The summed E-state index contributed by atoms with van der Waals surface area (Å²) in [7, 11) is 0. The van der Waals surface area contributed by atoms with Crippen LogP contribution in [0.1, 0.15) is 149 Å². The molecule has 0 saturated carbocycles. The van der Waals surface area contributed by atoms with Crippen LogP contribution in [0, 0.1) is 0 Å². The van der Waals surface area contributed by atoms with E-state index in [2.05, 4.69) is 13.8 Å². The number of carboxylic acids is 2. The van der Waals surface area contributed by atoms with Crippen LogP contribution in [0.5, 0.6) is 0 Å². The first-order chi connectivity index (χ1) is 16.4. The molecule has 0 radical (unpaired) electrons. The van der Waals surface area contributed by atoms with Crippen LogP contribution in [-0.2, 0) is 14.4 Å². The predicted octanol–water partition coefficient (Wildman–Crippen LogP) is 7.58. The van der Waals surface area contributed by atoms with Gasteiger partial charge in [-0.15, -0.1) is 0 Å². The first-order valence-corrected chi connectivity index (χ1v) is 14.2. The minimum atomic E-state index is -1.11. The molecular weight excluding hydrogens is 430 g/mol. The van der Waals surface area contributed by atoms with Crippen molar-refractivity contribution in [2.45, 2.75) is 155 Å². The first-order valence-electron chi connectivity index (χ1n) is 14.2. The SMILES string of the molecule is CCCCCCCCCCCCCCCCCC(=O)N(CCCCC)[C@@H](CCC(=O)O)C(=O)O. The van der Waals surface area contributed by atoms with Gasteiger partial charge in [0.15, 0.2) is 0 Å². The van der Waals surface area contributed by atoms with Gasteiger partial charge >= 0.3 is 11.9 Å². The van der Waals surface area contributed by atoms with Crippen molar-refractivity contribution in [3.8, 4) is 0 Å². The molecule has 0 aromatic heterocycles. The summed E-state index contributed by atoms with van der Waals surface area (Å²) < 4.78 is 0. The molecule has 0 aromatic carbocycles. The summed E-state index contributed by atoms with van der Waals surface area (Å²) in [6.45, 7) is 4.70. The number of hydrogen-bond acceptors (Lipinski definition) is 3. The summed E-state index contributed by atoms with van der Waals surface area (Å²) in [5, 5.41) is 18.5. The maximum atomic E-state index is 12.8. The third-order valence-electron chi connectivity index (χ3n) is 6.61. The van der Waals surface area contributed by atoms with Crippen LogP contribution in [0.4, 0.5) is 0 Å². The Morgan fingerprint density at radius 1 is 0.588 bits per heavy atom. The second-order valence-electron chi connectivity index (χ2n) is 9.78. The molecule has 0 saturated heterocycles. The van der Waals surface area contributed by atoms with Crippen LogP contribution in [0.15, 0.2) is 0 Å². The molecule has 1 atom stereocenters. The van der Waals surface area contributed by atoms with E-state index >= 15 is 0 Å². The monoisotopic (exact) mass is 483 g/mol. The van der Waals surface area contributed by atoms with E-state index in [1.165, 1.54) is 81.9 Å². The van der Waals surface area contributed by atoms with Crippen molar-refractivity contribution in [2.75, 3.05) is 6.54 Å². The Morgan fingerprint density at radius 2 is 1.00 bits per heavy atom. The third kappa shape index (κ3) is 18.8. The van der Waals surface area contributed by atoms with Crippen LogP contribution < -0.4 is 0 Å². The molecule has 0 spiro atoms. The lowest BCUT2D eigenvalue weighted by molar-refractivity contribution is -0.151. The Bertz CT molecular complexity index is 523. The van der Waals surface area contributed by atoms with Crippen LogP contribution in [0.3, 0.4) is 0 Å². The molecule has 6 nitrogen and oxygen atoms in total. The highest BCUT2D eigenvalue weighted by atomic mass is 16.4. The van der Waals surface area contributed by atoms with Gasteiger partial charge in [-0.05, 0) is 19.3 Å². The molecule has 0 aliphatic rings. The number of carbonyl (C=O) groups is 3. The number of aliphatic carboxylic acids is 2. The fraction of sp³-hybridized carbons (Fsp3) is 0.893. The lowest BCUT2D eigenvalue weighted by atomic mass is 10.0. The number of carboxylic acid groups (broad SMARTS) is 2. The fourth-order valence-corrected chi connectivity index (χ4v) is 4.45. The van der Waals surface area contributed by atoms with E-state index in [1.807, 2.05) is 0 Å². The van der Waals surface area contributed by atoms with Crippen molar-refractivity contribution in [3.63, 3.8) is 0 Å². The second kappa shape index (κ2) is 23.2. The highest BCUT2D eigenvalue weighted by Crippen LogP contribution is 2.16. The number of carbonyl (C=O) groups excluding carboxylic acids is 1. The summed E-state index contributed by atoms with van der Waals surface area (Å²) in [5.74, 6) is -2.29. The van der Waals surface area contributed by atoms with Crippen molar-refractivity contribution >= 4 is 17.8 Å². The Hall–Kier alpha value is -1.59. The number of nitrogens with zero attached hydrogens (tertiary/aromatic N) is 1. The normalized spacial score (nSPS) is 11.9. The quantitative estimate of drug-likeness (QED) is 0.130. The van der Waals surface area contributed by atoms with Gasteiger partial charge in [0.05, 0.1) is 0 Å². The Labute approximate surface area is 208 Å². The zero-order chi connectivity index (χ0) is 25.4. The summed E-state index contributed by atoms with van der Waals surface area (Å²) in [5.41, 5.74) is 0. The lowest BCUT2D eigenvalue weighted by Gasteiger charge is -2.29. The van der Waals surface area contributed by atoms with E-state index in [0.29, 0.717) is 13.0 Å². The van der Waals surface area contributed by atoms with Crippen molar-refractivity contribution in [1.82, 2.24) is 4.90 Å². The summed E-state index contributed by atoms with van der Waals surface area (Å²) in [6.07, 6.45) is 21.6. The zero-order valence-electron chi connectivity index (χ0n) is 22.2. The Balaban J connectivity index is 4.02. The fourth-order valence-electron chi connectivity index (χ4n) is 4.45. The van der Waals surface area contributed by atoms with Crippen LogP contribution in [-0.4, -0.2) is 45.5 Å². The van der Waals surface area contributed by atoms with E-state index < -0.39 is 18.0 Å². The van der Waals surface area contributed by atoms with Crippen LogP contribution >= 0.6 is 0 Å². The number of amides is 1. The van der Waals surface area contributed by atoms with Crippen molar-refractivity contribution < 1.29 is 24.6 Å². The van der Waals surface area contributed by atoms with E-state index in [1.54, 1.807) is 0 Å². The van der Waals surface area contributed by atoms with Gasteiger partial charge in [0.1, 0.15) is 6.04 Å². The highest BCUT2D eigenvalue weighted by molar-refractivity contribution is 5.84. The van der Waals surface area contributed by atoms with Crippen LogP contribution in [0.25, 0.3) is 0 Å². The van der Waals surface area contributed by atoms with Crippen LogP contribution in [0.2, 0.25) is 0 Å². The molecule has 0 heterocycles. The molecule has 6 heteroatoms. The molecule has 0 aromatic rings. The molecule has 34 heavy (non-hydrogen) atoms. The molecule has 0 bridgehead atoms. The van der Waals surface area contributed by atoms with Gasteiger partial charge in [-0.25, -0.2) is 4.79 Å². The highest BCUT2D eigenvalue weighted by Gasteiger charge is 2.29. The average Bonchev–Trinajstić information content (AvgIpc) is 2.80. The second-order valence-corrected chi connectivity index (χ2v) is 9.78. The molecule has 0 unspecified atom stereocenters. The van der Waals surface area contributed by atoms with Gasteiger partial charge in [-0.1, -0.05) is 117 Å². The predicted molar refractivity (Wildman–Crippen MR) is 139 cm³/mol. The van der Waals surface area contributed by atoms with E-state index in [9.17, 15) is 19.5 Å². The summed E-state index contributed by atoms with van der Waals surface area (Å²) in [4.78, 5) is 36.8. The summed E-state index contributed by atoms with van der Waals surface area (Å²) >= 11 is 0. The van der Waals surface area contributed by atoms with E-state index in [4.69, 9.17) is 5.11 Å². The number of unbranched alkanes of at least 4 members (excludes halogenated alkanes) is 16. The number of rotatable bonds is 25. The van der Waals surface area contributed by atoms with Gasteiger partial charge < -0.3 is 15.1 Å². The Morgan fingerprint density at radius 3 is 1.41 bits per heavy atom. The molecule has 2 N–H and O–H groups in total.